The Morgan fingerprint density at radius 1 is 1.33 bits per heavy atom. The number of hydrogen-bond acceptors (Lipinski definition) is 5. The zero-order chi connectivity index (χ0) is 16.0. The summed E-state index contributed by atoms with van der Waals surface area (Å²) in [6.07, 6.45) is 0.0775. The molecule has 0 aliphatic carbocycles. The lowest BCUT2D eigenvalue weighted by atomic mass is 10.1. The lowest BCUT2D eigenvalue weighted by molar-refractivity contribution is -0.127. The predicted octanol–water partition coefficient (Wildman–Crippen LogP) is 1.74. The molecule has 1 amide bonds. The van der Waals surface area contributed by atoms with Crippen LogP contribution >= 0.6 is 0 Å². The van der Waals surface area contributed by atoms with E-state index in [1.165, 1.54) is 19.2 Å². The summed E-state index contributed by atoms with van der Waals surface area (Å²) in [5, 5.41) is 2.82. The number of benzene rings is 1. The van der Waals surface area contributed by atoms with Crippen molar-refractivity contribution < 1.29 is 19.1 Å². The third kappa shape index (κ3) is 4.66. The van der Waals surface area contributed by atoms with E-state index in [4.69, 9.17) is 10.5 Å². The predicted molar refractivity (Wildman–Crippen MR) is 80.2 cm³/mol. The van der Waals surface area contributed by atoms with Gasteiger partial charge >= 0.3 is 5.97 Å². The van der Waals surface area contributed by atoms with E-state index < -0.39 is 12.1 Å². The molecule has 6 heteroatoms. The molecule has 0 saturated heterocycles. The molecule has 116 valence electrons. The largest absolute Gasteiger partial charge is 0.480 e. The molecule has 2 unspecified atom stereocenters. The van der Waals surface area contributed by atoms with E-state index in [0.29, 0.717) is 5.69 Å². The molecule has 0 aliphatic heterocycles. The van der Waals surface area contributed by atoms with Gasteiger partial charge in [0.15, 0.2) is 6.10 Å². The highest BCUT2D eigenvalue weighted by atomic mass is 16.5. The molecular weight excluding hydrogens is 272 g/mol. The van der Waals surface area contributed by atoms with Gasteiger partial charge in [0.25, 0.3) is 5.91 Å². The molecule has 0 bridgehead atoms. The number of anilines is 1. The summed E-state index contributed by atoms with van der Waals surface area (Å²) < 4.78 is 10.2. The lowest BCUT2D eigenvalue weighted by Gasteiger charge is -2.19. The van der Waals surface area contributed by atoms with Crippen LogP contribution in [-0.4, -0.2) is 31.1 Å². The smallest absolute Gasteiger partial charge is 0.341 e. The van der Waals surface area contributed by atoms with Crippen molar-refractivity contribution in [3.05, 3.63) is 23.8 Å². The summed E-state index contributed by atoms with van der Waals surface area (Å²) in [5.41, 5.74) is 6.36. The minimum absolute atomic E-state index is 0.0597. The molecule has 0 saturated carbocycles. The van der Waals surface area contributed by atoms with Gasteiger partial charge in [0, 0.05) is 17.8 Å². The van der Waals surface area contributed by atoms with E-state index in [0.717, 1.165) is 6.42 Å². The van der Waals surface area contributed by atoms with Gasteiger partial charge in [-0.2, -0.15) is 0 Å². The molecule has 2 atom stereocenters. The number of ether oxygens (including phenoxy) is 2. The summed E-state index contributed by atoms with van der Waals surface area (Å²) in [4.78, 5) is 23.6. The SMILES string of the molecule is CCC(C)NC(=O)C(C)Oc1cc(N)ccc1C(=O)OC. The number of methoxy groups -OCH3 is 1. The van der Waals surface area contributed by atoms with Crippen LogP contribution in [0, 0.1) is 0 Å². The number of rotatable bonds is 6. The zero-order valence-corrected chi connectivity index (χ0v) is 12.8. The number of nitrogens with two attached hydrogens (primary N) is 1. The highest BCUT2D eigenvalue weighted by Gasteiger charge is 2.20. The van der Waals surface area contributed by atoms with Crippen molar-refractivity contribution in [2.75, 3.05) is 12.8 Å². The number of carbonyl (C=O) groups excluding carboxylic acids is 2. The fourth-order valence-corrected chi connectivity index (χ4v) is 1.62. The topological polar surface area (TPSA) is 90.6 Å². The Kier molecular flexibility index (Phi) is 6.02. The molecule has 1 aromatic rings. The van der Waals surface area contributed by atoms with Gasteiger partial charge in [0.1, 0.15) is 11.3 Å². The van der Waals surface area contributed by atoms with Crippen molar-refractivity contribution in [1.29, 1.82) is 0 Å². The summed E-state index contributed by atoms with van der Waals surface area (Å²) in [6, 6.07) is 4.64. The normalized spacial score (nSPS) is 13.1. The second kappa shape index (κ2) is 7.52. The van der Waals surface area contributed by atoms with Crippen LogP contribution in [0.15, 0.2) is 18.2 Å². The first kappa shape index (κ1) is 16.8. The molecule has 21 heavy (non-hydrogen) atoms. The molecule has 1 rings (SSSR count). The van der Waals surface area contributed by atoms with E-state index in [9.17, 15) is 9.59 Å². The number of hydrogen-bond donors (Lipinski definition) is 2. The maximum atomic E-state index is 12.0. The standard InChI is InChI=1S/C15H22N2O4/c1-5-9(2)17-14(18)10(3)21-13-8-11(16)6-7-12(13)15(19)20-4/h6-10H,5,16H2,1-4H3,(H,17,18). The highest BCUT2D eigenvalue weighted by Crippen LogP contribution is 2.23. The highest BCUT2D eigenvalue weighted by molar-refractivity contribution is 5.93. The van der Waals surface area contributed by atoms with Crippen molar-refractivity contribution in [1.82, 2.24) is 5.32 Å². The second-order valence-electron chi connectivity index (χ2n) is 4.83. The Balaban J connectivity index is 2.88. The van der Waals surface area contributed by atoms with Crippen molar-refractivity contribution in [2.45, 2.75) is 39.3 Å². The van der Waals surface area contributed by atoms with Gasteiger partial charge < -0.3 is 20.5 Å². The zero-order valence-electron chi connectivity index (χ0n) is 12.8. The third-order valence-corrected chi connectivity index (χ3v) is 3.08. The minimum Gasteiger partial charge on any atom is -0.480 e. The van der Waals surface area contributed by atoms with E-state index in [2.05, 4.69) is 10.1 Å². The summed E-state index contributed by atoms with van der Waals surface area (Å²) in [5.74, 6) is -0.559. The Morgan fingerprint density at radius 2 is 2.00 bits per heavy atom. The maximum Gasteiger partial charge on any atom is 0.341 e. The van der Waals surface area contributed by atoms with Gasteiger partial charge in [-0.15, -0.1) is 0 Å². The average Bonchev–Trinajstić information content (AvgIpc) is 2.46. The first-order chi connectivity index (χ1) is 9.88. The van der Waals surface area contributed by atoms with Crippen LogP contribution in [0.1, 0.15) is 37.6 Å². The van der Waals surface area contributed by atoms with E-state index in [-0.39, 0.29) is 23.3 Å². The fourth-order valence-electron chi connectivity index (χ4n) is 1.62. The van der Waals surface area contributed by atoms with Gasteiger partial charge in [-0.05, 0) is 32.4 Å². The average molecular weight is 294 g/mol. The van der Waals surface area contributed by atoms with Gasteiger partial charge in [0.05, 0.1) is 7.11 Å². The molecule has 0 fully saturated rings. The van der Waals surface area contributed by atoms with Crippen LogP contribution in [0.4, 0.5) is 5.69 Å². The number of esters is 1. The Bertz CT molecular complexity index is 516. The fraction of sp³-hybridized carbons (Fsp3) is 0.467. The lowest BCUT2D eigenvalue weighted by Crippen LogP contribution is -2.41. The second-order valence-corrected chi connectivity index (χ2v) is 4.83. The van der Waals surface area contributed by atoms with Crippen LogP contribution < -0.4 is 15.8 Å². The Hall–Kier alpha value is -2.24. The van der Waals surface area contributed by atoms with Gasteiger partial charge in [-0.1, -0.05) is 6.92 Å². The maximum absolute atomic E-state index is 12.0. The van der Waals surface area contributed by atoms with Gasteiger partial charge in [-0.25, -0.2) is 4.79 Å². The molecule has 1 aromatic carbocycles. The molecular formula is C15H22N2O4. The summed E-state index contributed by atoms with van der Waals surface area (Å²) in [7, 11) is 1.28. The van der Waals surface area contributed by atoms with Crippen LogP contribution in [0.3, 0.4) is 0 Å². The molecule has 0 spiro atoms. The van der Waals surface area contributed by atoms with Crippen LogP contribution in [0.5, 0.6) is 5.75 Å². The number of amides is 1. The van der Waals surface area contributed by atoms with Crippen molar-refractivity contribution in [3.63, 3.8) is 0 Å². The van der Waals surface area contributed by atoms with Crippen LogP contribution in [-0.2, 0) is 9.53 Å². The summed E-state index contributed by atoms with van der Waals surface area (Å²) in [6.45, 7) is 5.50. The quantitative estimate of drug-likeness (QED) is 0.616. The molecule has 6 nitrogen and oxygen atoms in total. The Morgan fingerprint density at radius 3 is 2.57 bits per heavy atom. The van der Waals surface area contributed by atoms with Crippen molar-refractivity contribution in [2.24, 2.45) is 0 Å². The summed E-state index contributed by atoms with van der Waals surface area (Å²) >= 11 is 0. The molecule has 0 aromatic heterocycles. The van der Waals surface area contributed by atoms with E-state index in [1.807, 2.05) is 13.8 Å². The Labute approximate surface area is 124 Å². The monoisotopic (exact) mass is 294 g/mol. The first-order valence-corrected chi connectivity index (χ1v) is 6.83. The third-order valence-electron chi connectivity index (χ3n) is 3.08. The van der Waals surface area contributed by atoms with Crippen molar-refractivity contribution >= 4 is 17.6 Å². The molecule has 3 N–H and O–H groups in total. The van der Waals surface area contributed by atoms with Gasteiger partial charge in [-0.3, -0.25) is 4.79 Å². The van der Waals surface area contributed by atoms with E-state index >= 15 is 0 Å². The van der Waals surface area contributed by atoms with Crippen LogP contribution in [0.2, 0.25) is 0 Å². The molecule has 0 aliphatic rings. The minimum atomic E-state index is -0.746. The first-order valence-electron chi connectivity index (χ1n) is 6.83. The van der Waals surface area contributed by atoms with E-state index in [1.54, 1.807) is 13.0 Å². The van der Waals surface area contributed by atoms with Crippen LogP contribution in [0.25, 0.3) is 0 Å². The van der Waals surface area contributed by atoms with Crippen molar-refractivity contribution in [3.8, 4) is 5.75 Å². The van der Waals surface area contributed by atoms with Gasteiger partial charge in [0.2, 0.25) is 0 Å². The molecule has 0 radical (unpaired) electrons. The number of carbonyl (C=O) groups is 2. The molecule has 0 heterocycles. The number of nitrogen functional groups attached to an aromatic ring is 1. The number of nitrogens with one attached hydrogen (secondary N) is 1.